The molecule has 0 bridgehead atoms. The van der Waals surface area contributed by atoms with Crippen molar-refractivity contribution in [3.05, 3.63) is 96.6 Å². The summed E-state index contributed by atoms with van der Waals surface area (Å²) in [7, 11) is 0. The van der Waals surface area contributed by atoms with Crippen LogP contribution in [-0.4, -0.2) is 18.3 Å². The SMILES string of the molecule is O=C(OCCCSP(=S)(c1ccccc1)c1ccccc1)c1ccccc1. The number of esters is 1. The van der Waals surface area contributed by atoms with Crippen LogP contribution in [0.25, 0.3) is 0 Å². The highest BCUT2D eigenvalue weighted by Crippen LogP contribution is 2.56. The second-order valence-electron chi connectivity index (χ2n) is 5.91. The van der Waals surface area contributed by atoms with E-state index in [9.17, 15) is 4.79 Å². The van der Waals surface area contributed by atoms with Gasteiger partial charge in [0.25, 0.3) is 0 Å². The molecule has 0 saturated heterocycles. The summed E-state index contributed by atoms with van der Waals surface area (Å²) in [6.07, 6.45) is 0.779. The molecule has 27 heavy (non-hydrogen) atoms. The molecule has 0 fully saturated rings. The van der Waals surface area contributed by atoms with Gasteiger partial charge in [0.2, 0.25) is 0 Å². The van der Waals surface area contributed by atoms with Crippen molar-refractivity contribution < 1.29 is 9.53 Å². The molecule has 0 atom stereocenters. The molecule has 0 amide bonds. The van der Waals surface area contributed by atoms with E-state index in [4.69, 9.17) is 16.5 Å². The largest absolute Gasteiger partial charge is 0.462 e. The van der Waals surface area contributed by atoms with Crippen LogP contribution in [0.15, 0.2) is 91.0 Å². The van der Waals surface area contributed by atoms with Gasteiger partial charge in [-0.05, 0) is 29.2 Å². The predicted octanol–water partition coefficient (Wildman–Crippen LogP) is 5.01. The van der Waals surface area contributed by atoms with Gasteiger partial charge < -0.3 is 4.74 Å². The molecule has 5 heteroatoms. The van der Waals surface area contributed by atoms with Crippen LogP contribution < -0.4 is 10.6 Å². The molecule has 0 unspecified atom stereocenters. The van der Waals surface area contributed by atoms with Gasteiger partial charge in [0.15, 0.2) is 0 Å². The topological polar surface area (TPSA) is 26.3 Å². The zero-order valence-electron chi connectivity index (χ0n) is 14.9. The number of ether oxygens (including phenoxy) is 1. The Kier molecular flexibility index (Phi) is 7.28. The average molecular weight is 413 g/mol. The van der Waals surface area contributed by atoms with E-state index in [0.29, 0.717) is 12.2 Å². The summed E-state index contributed by atoms with van der Waals surface area (Å²) in [6, 6.07) is 29.8. The van der Waals surface area contributed by atoms with Gasteiger partial charge in [-0.1, -0.05) is 90.7 Å². The molecule has 0 aliphatic carbocycles. The van der Waals surface area contributed by atoms with Crippen LogP contribution >= 0.6 is 16.6 Å². The Labute approximate surface area is 169 Å². The van der Waals surface area contributed by atoms with E-state index in [1.807, 2.05) is 66.0 Å². The van der Waals surface area contributed by atoms with Crippen molar-refractivity contribution in [2.45, 2.75) is 6.42 Å². The summed E-state index contributed by atoms with van der Waals surface area (Å²) in [5.74, 6) is 0.578. The number of carbonyl (C=O) groups excluding carboxylic acids is 1. The third-order valence-electron chi connectivity index (χ3n) is 4.00. The number of benzene rings is 3. The van der Waals surface area contributed by atoms with E-state index < -0.39 is 5.24 Å². The summed E-state index contributed by atoms with van der Waals surface area (Å²) in [6.45, 7) is 0.402. The van der Waals surface area contributed by atoms with E-state index in [1.165, 1.54) is 10.6 Å². The molecular formula is C22H21O2PS2. The minimum atomic E-state index is -1.94. The zero-order valence-corrected chi connectivity index (χ0v) is 17.4. The van der Waals surface area contributed by atoms with Crippen molar-refractivity contribution in [1.29, 1.82) is 0 Å². The van der Waals surface area contributed by atoms with Gasteiger partial charge in [0, 0.05) is 5.75 Å². The van der Waals surface area contributed by atoms with Gasteiger partial charge in [-0.2, -0.15) is 0 Å². The first-order chi connectivity index (χ1) is 13.2. The lowest BCUT2D eigenvalue weighted by atomic mass is 10.2. The Balaban J connectivity index is 1.60. The fourth-order valence-electron chi connectivity index (χ4n) is 2.62. The lowest BCUT2D eigenvalue weighted by Gasteiger charge is -2.22. The maximum atomic E-state index is 12.0. The van der Waals surface area contributed by atoms with E-state index in [0.717, 1.165) is 12.2 Å². The van der Waals surface area contributed by atoms with Crippen LogP contribution in [0.1, 0.15) is 16.8 Å². The zero-order chi connectivity index (χ0) is 19.0. The van der Waals surface area contributed by atoms with Crippen molar-refractivity contribution in [2.75, 3.05) is 12.4 Å². The molecule has 0 aromatic heterocycles. The molecular weight excluding hydrogens is 391 g/mol. The highest BCUT2D eigenvalue weighted by atomic mass is 32.9. The van der Waals surface area contributed by atoms with Crippen molar-refractivity contribution in [2.24, 2.45) is 0 Å². The fraction of sp³-hybridized carbons (Fsp3) is 0.136. The maximum Gasteiger partial charge on any atom is 0.338 e. The standard InChI is InChI=1S/C22H21O2PS2/c23-22(19-11-4-1-5-12-19)24-17-10-18-27-25(26,20-13-6-2-7-14-20)21-15-8-3-9-16-21/h1-9,11-16H,10,17-18H2. The number of hydrogen-bond acceptors (Lipinski definition) is 4. The molecule has 3 rings (SSSR count). The quantitative estimate of drug-likeness (QED) is 0.295. The molecule has 2 nitrogen and oxygen atoms in total. The Morgan fingerprint density at radius 1 is 0.815 bits per heavy atom. The van der Waals surface area contributed by atoms with E-state index in [1.54, 1.807) is 12.1 Å². The highest BCUT2D eigenvalue weighted by Gasteiger charge is 2.22. The normalized spacial score (nSPS) is 11.1. The average Bonchev–Trinajstić information content (AvgIpc) is 2.75. The Bertz CT molecular complexity index is 856. The Morgan fingerprint density at radius 3 is 1.81 bits per heavy atom. The molecule has 0 radical (unpaired) electrons. The fourth-order valence-corrected chi connectivity index (χ4v) is 9.04. The Morgan fingerprint density at radius 2 is 1.30 bits per heavy atom. The first kappa shape index (κ1) is 19.9. The summed E-state index contributed by atoms with van der Waals surface area (Å²) in [5.41, 5.74) is 0.587. The van der Waals surface area contributed by atoms with Crippen LogP contribution in [0.2, 0.25) is 0 Å². The first-order valence-corrected chi connectivity index (χ1v) is 13.2. The van der Waals surface area contributed by atoms with Gasteiger partial charge >= 0.3 is 5.97 Å². The summed E-state index contributed by atoms with van der Waals surface area (Å²) >= 11 is 7.99. The number of hydrogen-bond donors (Lipinski definition) is 0. The second-order valence-corrected chi connectivity index (χ2v) is 13.5. The van der Waals surface area contributed by atoms with Crippen molar-refractivity contribution in [3.8, 4) is 0 Å². The molecule has 3 aromatic carbocycles. The molecule has 0 saturated carbocycles. The maximum absolute atomic E-state index is 12.0. The summed E-state index contributed by atoms with van der Waals surface area (Å²) < 4.78 is 5.38. The molecule has 138 valence electrons. The van der Waals surface area contributed by atoms with Crippen LogP contribution in [0.4, 0.5) is 0 Å². The molecule has 0 aliphatic rings. The van der Waals surface area contributed by atoms with E-state index in [2.05, 4.69) is 24.3 Å². The van der Waals surface area contributed by atoms with E-state index in [-0.39, 0.29) is 5.97 Å². The second kappa shape index (κ2) is 9.89. The van der Waals surface area contributed by atoms with Gasteiger partial charge in [0.1, 0.15) is 0 Å². The van der Waals surface area contributed by atoms with Gasteiger partial charge in [-0.25, -0.2) is 4.79 Å². The monoisotopic (exact) mass is 412 g/mol. The van der Waals surface area contributed by atoms with Crippen molar-refractivity contribution in [3.63, 3.8) is 0 Å². The van der Waals surface area contributed by atoms with Crippen LogP contribution in [0.3, 0.4) is 0 Å². The lowest BCUT2D eigenvalue weighted by molar-refractivity contribution is 0.0506. The molecule has 0 spiro atoms. The molecule has 0 aliphatic heterocycles. The summed E-state index contributed by atoms with van der Waals surface area (Å²) in [5, 5.41) is 0.475. The first-order valence-electron chi connectivity index (χ1n) is 8.78. The van der Waals surface area contributed by atoms with Gasteiger partial charge in [-0.15, -0.1) is 11.4 Å². The third kappa shape index (κ3) is 5.32. The van der Waals surface area contributed by atoms with E-state index >= 15 is 0 Å². The number of carbonyl (C=O) groups is 1. The van der Waals surface area contributed by atoms with Crippen molar-refractivity contribution in [1.82, 2.24) is 0 Å². The minimum Gasteiger partial charge on any atom is -0.462 e. The summed E-state index contributed by atoms with van der Waals surface area (Å²) in [4.78, 5) is 12.0. The van der Waals surface area contributed by atoms with Crippen LogP contribution in [0, 0.1) is 0 Å². The third-order valence-corrected chi connectivity index (χ3v) is 11.9. The number of rotatable bonds is 8. The van der Waals surface area contributed by atoms with Gasteiger partial charge in [-0.3, -0.25) is 0 Å². The minimum absolute atomic E-state index is 0.272. The smallest absolute Gasteiger partial charge is 0.338 e. The Hall–Kier alpha value is -1.87. The van der Waals surface area contributed by atoms with Crippen molar-refractivity contribution >= 4 is 45.0 Å². The lowest BCUT2D eigenvalue weighted by Crippen LogP contribution is -2.14. The highest BCUT2D eigenvalue weighted by molar-refractivity contribution is 8.75. The van der Waals surface area contributed by atoms with Gasteiger partial charge in [0.05, 0.1) is 17.4 Å². The van der Waals surface area contributed by atoms with Crippen LogP contribution in [0.5, 0.6) is 0 Å². The molecule has 0 heterocycles. The molecule has 0 N–H and O–H groups in total. The molecule has 3 aromatic rings. The van der Waals surface area contributed by atoms with Crippen LogP contribution in [-0.2, 0) is 16.5 Å². The predicted molar refractivity (Wildman–Crippen MR) is 120 cm³/mol.